The minimum absolute atomic E-state index is 0.0138. The van der Waals surface area contributed by atoms with Gasteiger partial charge in [0.15, 0.2) is 0 Å². The van der Waals surface area contributed by atoms with Crippen LogP contribution in [0.4, 0.5) is 0 Å². The second kappa shape index (κ2) is 8.56. The number of carbonyl (C=O) groups is 1. The monoisotopic (exact) mass is 459 g/mol. The van der Waals surface area contributed by atoms with Crippen molar-refractivity contribution in [2.75, 3.05) is 0 Å². The smallest absolute Gasteiger partial charge is 0.329 e. The molecule has 5 rings (SSSR count). The highest BCUT2D eigenvalue weighted by atomic mass is 35.5. The predicted octanol–water partition coefficient (Wildman–Crippen LogP) is 5.64. The number of imidazole rings is 1. The molecule has 0 spiro atoms. The number of rotatable bonds is 6. The van der Waals surface area contributed by atoms with Gasteiger partial charge in [0.25, 0.3) is 0 Å². The number of nitrogens with one attached hydrogen (secondary N) is 1. The van der Waals surface area contributed by atoms with Crippen LogP contribution in [-0.2, 0) is 11.3 Å². The molecule has 1 atom stereocenters. The Labute approximate surface area is 197 Å². The molecule has 0 aliphatic heterocycles. The molecule has 1 amide bonds. The van der Waals surface area contributed by atoms with Gasteiger partial charge in [-0.25, -0.2) is 4.79 Å². The Morgan fingerprint density at radius 2 is 1.76 bits per heavy atom. The third-order valence-electron chi connectivity index (χ3n) is 6.42. The highest BCUT2D eigenvalue weighted by molar-refractivity contribution is 6.30. The summed E-state index contributed by atoms with van der Waals surface area (Å²) in [4.78, 5) is 26.3. The summed E-state index contributed by atoms with van der Waals surface area (Å²) in [7, 11) is 0. The van der Waals surface area contributed by atoms with Crippen LogP contribution >= 0.6 is 11.6 Å². The molecule has 33 heavy (non-hydrogen) atoms. The third kappa shape index (κ3) is 4.09. The van der Waals surface area contributed by atoms with E-state index in [9.17, 15) is 9.59 Å². The van der Waals surface area contributed by atoms with Crippen LogP contribution in [0.5, 0.6) is 0 Å². The van der Waals surface area contributed by atoms with Crippen molar-refractivity contribution in [3.63, 3.8) is 0 Å². The van der Waals surface area contributed by atoms with Gasteiger partial charge in [-0.2, -0.15) is 0 Å². The van der Waals surface area contributed by atoms with Crippen molar-refractivity contribution in [3.8, 4) is 11.3 Å². The van der Waals surface area contributed by atoms with Gasteiger partial charge in [-0.1, -0.05) is 66.2 Å². The predicted molar refractivity (Wildman–Crippen MR) is 133 cm³/mol. The van der Waals surface area contributed by atoms with Crippen molar-refractivity contribution >= 4 is 28.3 Å². The zero-order chi connectivity index (χ0) is 23.1. The summed E-state index contributed by atoms with van der Waals surface area (Å²) >= 11 is 6.07. The molecule has 6 heteroatoms. The topological polar surface area (TPSA) is 56.0 Å². The van der Waals surface area contributed by atoms with E-state index in [2.05, 4.69) is 23.5 Å². The number of hydrogen-bond acceptors (Lipinski definition) is 2. The summed E-state index contributed by atoms with van der Waals surface area (Å²) < 4.78 is 3.44. The SMILES string of the molecule is Cc1c(-c2ccc(Cl)cc2)n(C2CC2)c(=O)n1CC(=O)N[C@H](C)c1cccc2ccccc12. The van der Waals surface area contributed by atoms with E-state index in [1.165, 1.54) is 0 Å². The average Bonchev–Trinajstić information content (AvgIpc) is 3.62. The molecule has 1 heterocycles. The maximum absolute atomic E-state index is 13.3. The molecule has 1 fully saturated rings. The Bertz CT molecular complexity index is 1390. The number of amides is 1. The van der Waals surface area contributed by atoms with Crippen LogP contribution in [0.1, 0.15) is 43.1 Å². The van der Waals surface area contributed by atoms with Crippen LogP contribution in [0.15, 0.2) is 71.5 Å². The average molecular weight is 460 g/mol. The number of halogens is 1. The van der Waals surface area contributed by atoms with Crippen LogP contribution in [0.2, 0.25) is 5.02 Å². The highest BCUT2D eigenvalue weighted by Crippen LogP contribution is 2.38. The lowest BCUT2D eigenvalue weighted by molar-refractivity contribution is -0.122. The number of aromatic nitrogens is 2. The van der Waals surface area contributed by atoms with E-state index in [4.69, 9.17) is 11.6 Å². The van der Waals surface area contributed by atoms with Crippen molar-refractivity contribution in [3.05, 3.63) is 93.5 Å². The highest BCUT2D eigenvalue weighted by Gasteiger charge is 2.31. The first-order chi connectivity index (χ1) is 15.9. The quantitative estimate of drug-likeness (QED) is 0.405. The molecule has 0 saturated heterocycles. The third-order valence-corrected chi connectivity index (χ3v) is 6.68. The Morgan fingerprint density at radius 3 is 2.48 bits per heavy atom. The van der Waals surface area contributed by atoms with Gasteiger partial charge >= 0.3 is 5.69 Å². The number of carbonyl (C=O) groups excluding carboxylic acids is 1. The van der Waals surface area contributed by atoms with Gasteiger partial charge in [0.05, 0.1) is 11.7 Å². The summed E-state index contributed by atoms with van der Waals surface area (Å²) in [6.45, 7) is 3.87. The molecule has 0 radical (unpaired) electrons. The Morgan fingerprint density at radius 1 is 1.06 bits per heavy atom. The molecule has 5 nitrogen and oxygen atoms in total. The summed E-state index contributed by atoms with van der Waals surface area (Å²) in [5.41, 5.74) is 3.52. The van der Waals surface area contributed by atoms with Crippen molar-refractivity contribution < 1.29 is 4.79 Å². The first kappa shape index (κ1) is 21.5. The lowest BCUT2D eigenvalue weighted by Crippen LogP contribution is -2.34. The molecular weight excluding hydrogens is 434 g/mol. The second-order valence-corrected chi connectivity index (χ2v) is 9.20. The number of hydrogen-bond donors (Lipinski definition) is 1. The molecular formula is C27H26ClN3O2. The van der Waals surface area contributed by atoms with E-state index < -0.39 is 0 Å². The summed E-state index contributed by atoms with van der Waals surface area (Å²) in [6.07, 6.45) is 1.96. The minimum atomic E-state index is -0.184. The largest absolute Gasteiger partial charge is 0.348 e. The van der Waals surface area contributed by atoms with Gasteiger partial charge in [-0.05, 0) is 55.2 Å². The van der Waals surface area contributed by atoms with E-state index in [1.54, 1.807) is 4.57 Å². The normalized spacial score (nSPS) is 14.4. The number of benzene rings is 3. The molecule has 168 valence electrons. The molecule has 1 N–H and O–H groups in total. The van der Waals surface area contributed by atoms with Crippen molar-refractivity contribution in [2.24, 2.45) is 0 Å². The summed E-state index contributed by atoms with van der Waals surface area (Å²) in [5.74, 6) is -0.184. The zero-order valence-electron chi connectivity index (χ0n) is 18.7. The minimum Gasteiger partial charge on any atom is -0.348 e. The van der Waals surface area contributed by atoms with Gasteiger partial charge < -0.3 is 5.32 Å². The zero-order valence-corrected chi connectivity index (χ0v) is 19.5. The fourth-order valence-electron chi connectivity index (χ4n) is 4.62. The lowest BCUT2D eigenvalue weighted by Gasteiger charge is -2.17. The fraction of sp³-hybridized carbons (Fsp3) is 0.259. The molecule has 1 aliphatic carbocycles. The lowest BCUT2D eigenvalue weighted by atomic mass is 10.00. The molecule has 4 aromatic rings. The molecule has 0 bridgehead atoms. The van der Waals surface area contributed by atoms with Gasteiger partial charge in [0.2, 0.25) is 5.91 Å². The molecule has 1 aromatic heterocycles. The van der Waals surface area contributed by atoms with E-state index >= 15 is 0 Å². The Kier molecular flexibility index (Phi) is 5.59. The van der Waals surface area contributed by atoms with Gasteiger partial charge in [0, 0.05) is 22.3 Å². The van der Waals surface area contributed by atoms with Crippen molar-refractivity contribution in [1.29, 1.82) is 0 Å². The molecule has 1 saturated carbocycles. The van der Waals surface area contributed by atoms with Crippen LogP contribution in [0, 0.1) is 6.92 Å². The fourth-order valence-corrected chi connectivity index (χ4v) is 4.75. The van der Waals surface area contributed by atoms with Gasteiger partial charge in [-0.3, -0.25) is 13.9 Å². The molecule has 1 aliphatic rings. The Balaban J connectivity index is 1.43. The summed E-state index contributed by atoms with van der Waals surface area (Å²) in [5, 5.41) is 5.99. The van der Waals surface area contributed by atoms with E-state index in [0.717, 1.165) is 46.1 Å². The van der Waals surface area contributed by atoms with Gasteiger partial charge in [-0.15, -0.1) is 0 Å². The standard InChI is InChI=1S/C27H26ClN3O2/c1-17(23-9-5-7-19-6-3-4-8-24(19)23)29-25(32)16-30-18(2)26(20-10-12-21(28)13-11-20)31(27(30)33)22-14-15-22/h3-13,17,22H,14-16H2,1-2H3,(H,29,32)/t17-/m1/s1. The van der Waals surface area contributed by atoms with Crippen molar-refractivity contribution in [2.45, 2.75) is 45.3 Å². The maximum atomic E-state index is 13.3. The van der Waals surface area contributed by atoms with E-state index in [-0.39, 0.29) is 30.2 Å². The van der Waals surface area contributed by atoms with Crippen LogP contribution < -0.4 is 11.0 Å². The van der Waals surface area contributed by atoms with Crippen molar-refractivity contribution in [1.82, 2.24) is 14.5 Å². The van der Waals surface area contributed by atoms with Crippen LogP contribution in [-0.4, -0.2) is 15.0 Å². The number of fused-ring (bicyclic) bond motifs is 1. The van der Waals surface area contributed by atoms with Crippen LogP contribution in [0.3, 0.4) is 0 Å². The summed E-state index contributed by atoms with van der Waals surface area (Å²) in [6, 6.07) is 21.8. The first-order valence-electron chi connectivity index (χ1n) is 11.3. The van der Waals surface area contributed by atoms with Gasteiger partial charge in [0.1, 0.15) is 6.54 Å². The number of nitrogens with zero attached hydrogens (tertiary/aromatic N) is 2. The maximum Gasteiger partial charge on any atom is 0.329 e. The van der Waals surface area contributed by atoms with E-state index in [0.29, 0.717) is 5.02 Å². The Hall–Kier alpha value is -3.31. The molecule has 0 unspecified atom stereocenters. The van der Waals surface area contributed by atoms with Crippen LogP contribution in [0.25, 0.3) is 22.0 Å². The van der Waals surface area contributed by atoms with E-state index in [1.807, 2.05) is 66.9 Å². The molecule has 3 aromatic carbocycles. The second-order valence-electron chi connectivity index (χ2n) is 8.77. The first-order valence-corrected chi connectivity index (χ1v) is 11.7.